The molecule has 2 rings (SSSR count). The summed E-state index contributed by atoms with van der Waals surface area (Å²) in [6.07, 6.45) is 1.08. The van der Waals surface area contributed by atoms with Crippen LogP contribution in [0.4, 0.5) is 5.69 Å². The molecule has 1 atom stereocenters. The molecule has 0 radical (unpaired) electrons. The predicted octanol–water partition coefficient (Wildman–Crippen LogP) is 4.00. The first-order valence-corrected chi connectivity index (χ1v) is 7.64. The monoisotopic (exact) mass is 282 g/mol. The SMILES string of the molecule is CCc1ccc(N(C)CC(N)c2ccc(C)cc2C)cc1. The van der Waals surface area contributed by atoms with Crippen LogP contribution in [0.1, 0.15) is 35.2 Å². The molecule has 0 aliphatic heterocycles. The van der Waals surface area contributed by atoms with Gasteiger partial charge in [0.05, 0.1) is 0 Å². The van der Waals surface area contributed by atoms with Crippen LogP contribution in [0.5, 0.6) is 0 Å². The Labute approximate surface area is 128 Å². The fraction of sp³-hybridized carbons (Fsp3) is 0.368. The molecular formula is C19H26N2. The number of aryl methyl sites for hydroxylation is 3. The molecule has 21 heavy (non-hydrogen) atoms. The van der Waals surface area contributed by atoms with Crippen molar-refractivity contribution in [3.63, 3.8) is 0 Å². The maximum Gasteiger partial charge on any atom is 0.0475 e. The summed E-state index contributed by atoms with van der Waals surface area (Å²) in [5.41, 5.74) is 12.8. The molecular weight excluding hydrogens is 256 g/mol. The van der Waals surface area contributed by atoms with E-state index in [1.54, 1.807) is 0 Å². The van der Waals surface area contributed by atoms with Crippen LogP contribution in [-0.4, -0.2) is 13.6 Å². The van der Waals surface area contributed by atoms with Crippen molar-refractivity contribution in [2.45, 2.75) is 33.2 Å². The van der Waals surface area contributed by atoms with Gasteiger partial charge in [0.1, 0.15) is 0 Å². The molecule has 0 heterocycles. The molecule has 0 aliphatic carbocycles. The number of nitrogens with two attached hydrogens (primary N) is 1. The predicted molar refractivity (Wildman–Crippen MR) is 91.9 cm³/mol. The van der Waals surface area contributed by atoms with Gasteiger partial charge in [-0.15, -0.1) is 0 Å². The summed E-state index contributed by atoms with van der Waals surface area (Å²) in [4.78, 5) is 2.23. The molecule has 2 aromatic rings. The zero-order valence-electron chi connectivity index (χ0n) is 13.6. The molecule has 0 aliphatic rings. The molecule has 0 aromatic heterocycles. The summed E-state index contributed by atoms with van der Waals surface area (Å²) in [5.74, 6) is 0. The average molecular weight is 282 g/mol. The number of hydrogen-bond acceptors (Lipinski definition) is 2. The highest BCUT2D eigenvalue weighted by atomic mass is 15.1. The Balaban J connectivity index is 2.08. The minimum Gasteiger partial charge on any atom is -0.373 e. The first-order valence-electron chi connectivity index (χ1n) is 7.64. The van der Waals surface area contributed by atoms with E-state index in [0.717, 1.165) is 13.0 Å². The van der Waals surface area contributed by atoms with Crippen LogP contribution in [0.2, 0.25) is 0 Å². The van der Waals surface area contributed by atoms with Gasteiger partial charge in [0.2, 0.25) is 0 Å². The summed E-state index contributed by atoms with van der Waals surface area (Å²) in [7, 11) is 2.10. The molecule has 0 bridgehead atoms. The molecule has 0 saturated heterocycles. The van der Waals surface area contributed by atoms with E-state index in [1.165, 1.54) is 27.9 Å². The summed E-state index contributed by atoms with van der Waals surface area (Å²) in [6, 6.07) is 15.2. The summed E-state index contributed by atoms with van der Waals surface area (Å²) < 4.78 is 0. The van der Waals surface area contributed by atoms with Gasteiger partial charge < -0.3 is 10.6 Å². The lowest BCUT2D eigenvalue weighted by Gasteiger charge is -2.25. The second-order valence-electron chi connectivity index (χ2n) is 5.87. The number of benzene rings is 2. The van der Waals surface area contributed by atoms with Crippen molar-refractivity contribution < 1.29 is 0 Å². The lowest BCUT2D eigenvalue weighted by Crippen LogP contribution is -2.29. The first-order chi connectivity index (χ1) is 10.0. The quantitative estimate of drug-likeness (QED) is 0.898. The second kappa shape index (κ2) is 6.77. The summed E-state index contributed by atoms with van der Waals surface area (Å²) in [5, 5.41) is 0. The normalized spacial score (nSPS) is 12.2. The highest BCUT2D eigenvalue weighted by Gasteiger charge is 2.12. The molecule has 1 unspecified atom stereocenters. The Morgan fingerprint density at radius 3 is 2.29 bits per heavy atom. The molecule has 0 amide bonds. The topological polar surface area (TPSA) is 29.3 Å². The zero-order chi connectivity index (χ0) is 15.4. The van der Waals surface area contributed by atoms with Gasteiger partial charge in [0.25, 0.3) is 0 Å². The van der Waals surface area contributed by atoms with Crippen molar-refractivity contribution in [2.24, 2.45) is 5.73 Å². The molecule has 2 nitrogen and oxygen atoms in total. The smallest absolute Gasteiger partial charge is 0.0475 e. The fourth-order valence-electron chi connectivity index (χ4n) is 2.73. The highest BCUT2D eigenvalue weighted by Crippen LogP contribution is 2.21. The number of nitrogens with zero attached hydrogens (tertiary/aromatic N) is 1. The van der Waals surface area contributed by atoms with E-state index in [0.29, 0.717) is 0 Å². The molecule has 2 heteroatoms. The van der Waals surface area contributed by atoms with Crippen LogP contribution in [-0.2, 0) is 6.42 Å². The average Bonchev–Trinajstić information content (AvgIpc) is 2.47. The molecule has 112 valence electrons. The van der Waals surface area contributed by atoms with Gasteiger partial charge in [-0.1, -0.05) is 42.8 Å². The van der Waals surface area contributed by atoms with Crippen LogP contribution in [0.15, 0.2) is 42.5 Å². The van der Waals surface area contributed by atoms with Gasteiger partial charge >= 0.3 is 0 Å². The Hall–Kier alpha value is -1.80. The molecule has 0 spiro atoms. The van der Waals surface area contributed by atoms with E-state index < -0.39 is 0 Å². The van der Waals surface area contributed by atoms with Crippen molar-refractivity contribution >= 4 is 5.69 Å². The van der Waals surface area contributed by atoms with Crippen molar-refractivity contribution in [3.8, 4) is 0 Å². The Morgan fingerprint density at radius 1 is 1.05 bits per heavy atom. The van der Waals surface area contributed by atoms with Gasteiger partial charge in [0.15, 0.2) is 0 Å². The van der Waals surface area contributed by atoms with Crippen LogP contribution in [0.3, 0.4) is 0 Å². The van der Waals surface area contributed by atoms with Gasteiger partial charge in [-0.2, -0.15) is 0 Å². The third kappa shape index (κ3) is 3.85. The maximum atomic E-state index is 6.40. The van der Waals surface area contributed by atoms with Gasteiger partial charge in [-0.3, -0.25) is 0 Å². The van der Waals surface area contributed by atoms with Crippen molar-refractivity contribution in [1.82, 2.24) is 0 Å². The Kier molecular flexibility index (Phi) is 5.03. The van der Waals surface area contributed by atoms with E-state index in [4.69, 9.17) is 5.73 Å². The van der Waals surface area contributed by atoms with E-state index >= 15 is 0 Å². The van der Waals surface area contributed by atoms with Crippen molar-refractivity contribution in [1.29, 1.82) is 0 Å². The molecule has 2 aromatic carbocycles. The van der Waals surface area contributed by atoms with E-state index in [1.807, 2.05) is 0 Å². The third-order valence-electron chi connectivity index (χ3n) is 4.08. The van der Waals surface area contributed by atoms with E-state index in [9.17, 15) is 0 Å². The lowest BCUT2D eigenvalue weighted by atomic mass is 9.99. The molecule has 0 saturated carbocycles. The third-order valence-corrected chi connectivity index (χ3v) is 4.08. The maximum absolute atomic E-state index is 6.40. The minimum atomic E-state index is 0.0291. The Bertz CT molecular complexity index is 587. The first kappa shape index (κ1) is 15.6. The fourth-order valence-corrected chi connectivity index (χ4v) is 2.73. The summed E-state index contributed by atoms with van der Waals surface area (Å²) >= 11 is 0. The highest BCUT2D eigenvalue weighted by molar-refractivity contribution is 5.47. The number of rotatable bonds is 5. The van der Waals surface area contributed by atoms with Crippen molar-refractivity contribution in [2.75, 3.05) is 18.5 Å². The van der Waals surface area contributed by atoms with Crippen molar-refractivity contribution in [3.05, 3.63) is 64.7 Å². The standard InChI is InChI=1S/C19H26N2/c1-5-16-7-9-17(10-8-16)21(4)13-19(20)18-11-6-14(2)12-15(18)3/h6-12,19H,5,13,20H2,1-4H3. The Morgan fingerprint density at radius 2 is 1.71 bits per heavy atom. The molecule has 0 fully saturated rings. The number of anilines is 1. The lowest BCUT2D eigenvalue weighted by molar-refractivity contribution is 0.699. The zero-order valence-corrected chi connectivity index (χ0v) is 13.6. The summed E-state index contributed by atoms with van der Waals surface area (Å²) in [6.45, 7) is 7.24. The molecule has 2 N–H and O–H groups in total. The van der Waals surface area contributed by atoms with Crippen LogP contribution < -0.4 is 10.6 Å². The number of likely N-dealkylation sites (N-methyl/N-ethyl adjacent to an activating group) is 1. The van der Waals surface area contributed by atoms with Gasteiger partial charge in [-0.05, 0) is 49.1 Å². The van der Waals surface area contributed by atoms with Gasteiger partial charge in [-0.25, -0.2) is 0 Å². The van der Waals surface area contributed by atoms with Gasteiger partial charge in [0, 0.05) is 25.3 Å². The van der Waals surface area contributed by atoms with Crippen LogP contribution >= 0.6 is 0 Å². The second-order valence-corrected chi connectivity index (χ2v) is 5.87. The van der Waals surface area contributed by atoms with E-state index in [2.05, 4.69) is 75.2 Å². The van der Waals surface area contributed by atoms with Crippen LogP contribution in [0.25, 0.3) is 0 Å². The minimum absolute atomic E-state index is 0.0291. The van der Waals surface area contributed by atoms with E-state index in [-0.39, 0.29) is 6.04 Å². The van der Waals surface area contributed by atoms with Crippen LogP contribution in [0, 0.1) is 13.8 Å². The number of hydrogen-bond donors (Lipinski definition) is 1. The largest absolute Gasteiger partial charge is 0.373 e.